The second-order valence-corrected chi connectivity index (χ2v) is 4.16. The number of aliphatic hydroxyl groups is 1. The van der Waals surface area contributed by atoms with Gasteiger partial charge in [-0.2, -0.15) is 0 Å². The van der Waals surface area contributed by atoms with Crippen molar-refractivity contribution >= 4 is 10.8 Å². The van der Waals surface area contributed by atoms with Crippen LogP contribution in [0.4, 0.5) is 0 Å². The van der Waals surface area contributed by atoms with Crippen molar-refractivity contribution in [2.45, 2.75) is 12.6 Å². The number of hydrogen-bond donors (Lipinski definition) is 3. The molecule has 0 saturated heterocycles. The maximum Gasteiger partial charge on any atom is 0.0786 e. The third-order valence-corrected chi connectivity index (χ3v) is 2.85. The third kappa shape index (κ3) is 3.03. The predicted molar refractivity (Wildman–Crippen MR) is 70.7 cm³/mol. The summed E-state index contributed by atoms with van der Waals surface area (Å²) in [5.41, 5.74) is 6.59. The van der Waals surface area contributed by atoms with Crippen molar-refractivity contribution in [1.29, 1.82) is 0 Å². The fourth-order valence-corrected chi connectivity index (χ4v) is 1.90. The molecule has 90 valence electrons. The van der Waals surface area contributed by atoms with Gasteiger partial charge in [-0.1, -0.05) is 42.5 Å². The molecule has 3 heteroatoms. The summed E-state index contributed by atoms with van der Waals surface area (Å²) in [6.45, 7) is 1.57. The Bertz CT molecular complexity index is 479. The van der Waals surface area contributed by atoms with Gasteiger partial charge in [0, 0.05) is 19.6 Å². The van der Waals surface area contributed by atoms with Crippen LogP contribution in [0.3, 0.4) is 0 Å². The smallest absolute Gasteiger partial charge is 0.0786 e. The molecule has 2 aromatic carbocycles. The summed E-state index contributed by atoms with van der Waals surface area (Å²) >= 11 is 0. The summed E-state index contributed by atoms with van der Waals surface area (Å²) in [5, 5.41) is 15.1. The fourth-order valence-electron chi connectivity index (χ4n) is 1.90. The van der Waals surface area contributed by atoms with E-state index in [9.17, 15) is 5.11 Å². The molecule has 0 aliphatic rings. The van der Waals surface area contributed by atoms with Gasteiger partial charge >= 0.3 is 0 Å². The highest BCUT2D eigenvalue weighted by atomic mass is 16.3. The molecule has 17 heavy (non-hydrogen) atoms. The molecule has 1 atom stereocenters. The average Bonchev–Trinajstić information content (AvgIpc) is 2.39. The van der Waals surface area contributed by atoms with E-state index in [1.165, 1.54) is 16.3 Å². The summed E-state index contributed by atoms with van der Waals surface area (Å²) in [6, 6.07) is 14.6. The number of hydrogen-bond acceptors (Lipinski definition) is 3. The lowest BCUT2D eigenvalue weighted by Crippen LogP contribution is -2.32. The first kappa shape index (κ1) is 12.0. The maximum atomic E-state index is 9.36. The fraction of sp³-hybridized carbons (Fsp3) is 0.286. The van der Waals surface area contributed by atoms with Gasteiger partial charge in [-0.3, -0.25) is 0 Å². The van der Waals surface area contributed by atoms with E-state index in [-0.39, 0.29) is 0 Å². The molecule has 0 aliphatic heterocycles. The minimum Gasteiger partial charge on any atom is -0.390 e. The van der Waals surface area contributed by atoms with Crippen molar-refractivity contribution < 1.29 is 5.11 Å². The second kappa shape index (κ2) is 5.77. The van der Waals surface area contributed by atoms with Crippen molar-refractivity contribution in [3.8, 4) is 0 Å². The molecule has 0 aliphatic carbocycles. The predicted octanol–water partition coefficient (Wildman–Crippen LogP) is 1.25. The molecule has 2 aromatic rings. The SMILES string of the molecule is NCC(O)CNCc1cccc2ccccc12. The van der Waals surface area contributed by atoms with Crippen LogP contribution in [-0.2, 0) is 6.54 Å². The molecule has 0 spiro atoms. The van der Waals surface area contributed by atoms with Crippen molar-refractivity contribution in [2.24, 2.45) is 5.73 Å². The van der Waals surface area contributed by atoms with Crippen LogP contribution in [0, 0.1) is 0 Å². The second-order valence-electron chi connectivity index (χ2n) is 4.16. The molecular formula is C14H18N2O. The Morgan fingerprint density at radius 1 is 1.12 bits per heavy atom. The van der Waals surface area contributed by atoms with Crippen LogP contribution >= 0.6 is 0 Å². The molecule has 0 fully saturated rings. The van der Waals surface area contributed by atoms with Crippen LogP contribution in [0.2, 0.25) is 0 Å². The third-order valence-electron chi connectivity index (χ3n) is 2.85. The molecule has 3 nitrogen and oxygen atoms in total. The maximum absolute atomic E-state index is 9.36. The van der Waals surface area contributed by atoms with Gasteiger partial charge in [0.2, 0.25) is 0 Å². The van der Waals surface area contributed by atoms with E-state index in [4.69, 9.17) is 5.73 Å². The minimum atomic E-state index is -0.468. The number of aliphatic hydroxyl groups excluding tert-OH is 1. The largest absolute Gasteiger partial charge is 0.390 e. The lowest BCUT2D eigenvalue weighted by molar-refractivity contribution is 0.179. The van der Waals surface area contributed by atoms with E-state index in [0.717, 1.165) is 6.54 Å². The Morgan fingerprint density at radius 2 is 1.88 bits per heavy atom. The van der Waals surface area contributed by atoms with Crippen LogP contribution in [0.25, 0.3) is 10.8 Å². The summed E-state index contributed by atoms with van der Waals surface area (Å²) in [7, 11) is 0. The molecule has 2 rings (SSSR count). The lowest BCUT2D eigenvalue weighted by Gasteiger charge is -2.11. The highest BCUT2D eigenvalue weighted by Gasteiger charge is 2.02. The Labute approximate surface area is 101 Å². The topological polar surface area (TPSA) is 58.3 Å². The van der Waals surface area contributed by atoms with Gasteiger partial charge in [-0.05, 0) is 16.3 Å². The van der Waals surface area contributed by atoms with Crippen LogP contribution in [0.1, 0.15) is 5.56 Å². The Balaban J connectivity index is 2.08. The van der Waals surface area contributed by atoms with Gasteiger partial charge < -0.3 is 16.2 Å². The molecule has 0 heterocycles. The van der Waals surface area contributed by atoms with Crippen molar-refractivity contribution in [1.82, 2.24) is 5.32 Å². The molecule has 0 radical (unpaired) electrons. The summed E-state index contributed by atoms with van der Waals surface area (Å²) in [6.07, 6.45) is -0.468. The standard InChI is InChI=1S/C14H18N2O/c15-8-13(17)10-16-9-12-6-3-5-11-4-1-2-7-14(11)12/h1-7,13,16-17H,8-10,15H2. The van der Waals surface area contributed by atoms with Crippen LogP contribution in [-0.4, -0.2) is 24.3 Å². The van der Waals surface area contributed by atoms with Gasteiger partial charge in [0.1, 0.15) is 0 Å². The lowest BCUT2D eigenvalue weighted by atomic mass is 10.0. The molecule has 1 unspecified atom stereocenters. The van der Waals surface area contributed by atoms with E-state index < -0.39 is 6.10 Å². The van der Waals surface area contributed by atoms with Gasteiger partial charge in [-0.25, -0.2) is 0 Å². The zero-order valence-electron chi connectivity index (χ0n) is 9.76. The highest BCUT2D eigenvalue weighted by molar-refractivity contribution is 5.85. The first-order chi connectivity index (χ1) is 8.31. The molecule has 0 saturated carbocycles. The quantitative estimate of drug-likeness (QED) is 0.724. The first-order valence-corrected chi connectivity index (χ1v) is 5.86. The first-order valence-electron chi connectivity index (χ1n) is 5.86. The molecule has 4 N–H and O–H groups in total. The van der Waals surface area contributed by atoms with Crippen LogP contribution in [0.5, 0.6) is 0 Å². The van der Waals surface area contributed by atoms with Gasteiger partial charge in [0.05, 0.1) is 6.10 Å². The van der Waals surface area contributed by atoms with E-state index in [0.29, 0.717) is 13.1 Å². The average molecular weight is 230 g/mol. The van der Waals surface area contributed by atoms with Crippen molar-refractivity contribution in [3.63, 3.8) is 0 Å². The summed E-state index contributed by atoms with van der Waals surface area (Å²) in [5.74, 6) is 0. The van der Waals surface area contributed by atoms with Crippen molar-refractivity contribution in [3.05, 3.63) is 48.0 Å². The van der Waals surface area contributed by atoms with Gasteiger partial charge in [0.25, 0.3) is 0 Å². The molecule has 0 aromatic heterocycles. The van der Waals surface area contributed by atoms with E-state index >= 15 is 0 Å². The minimum absolute atomic E-state index is 0.294. The highest BCUT2D eigenvalue weighted by Crippen LogP contribution is 2.17. The Morgan fingerprint density at radius 3 is 2.71 bits per heavy atom. The number of nitrogens with two attached hydrogens (primary N) is 1. The normalized spacial score (nSPS) is 12.8. The number of benzene rings is 2. The monoisotopic (exact) mass is 230 g/mol. The Kier molecular flexibility index (Phi) is 4.09. The summed E-state index contributed by atoms with van der Waals surface area (Å²) < 4.78 is 0. The molecule has 0 amide bonds. The number of rotatable bonds is 5. The molecule has 0 bridgehead atoms. The van der Waals surface area contributed by atoms with E-state index in [2.05, 4.69) is 35.6 Å². The van der Waals surface area contributed by atoms with Crippen LogP contribution in [0.15, 0.2) is 42.5 Å². The zero-order valence-corrected chi connectivity index (χ0v) is 9.76. The summed E-state index contributed by atoms with van der Waals surface area (Å²) in [4.78, 5) is 0. The van der Waals surface area contributed by atoms with E-state index in [1.54, 1.807) is 0 Å². The number of nitrogens with one attached hydrogen (secondary N) is 1. The van der Waals surface area contributed by atoms with Crippen molar-refractivity contribution in [2.75, 3.05) is 13.1 Å². The van der Waals surface area contributed by atoms with Crippen LogP contribution < -0.4 is 11.1 Å². The zero-order chi connectivity index (χ0) is 12.1. The number of fused-ring (bicyclic) bond motifs is 1. The van der Waals surface area contributed by atoms with Gasteiger partial charge in [-0.15, -0.1) is 0 Å². The molecular weight excluding hydrogens is 212 g/mol. The van der Waals surface area contributed by atoms with Gasteiger partial charge in [0.15, 0.2) is 0 Å². The Hall–Kier alpha value is -1.42. The van der Waals surface area contributed by atoms with E-state index in [1.807, 2.05) is 12.1 Å².